The first-order valence-corrected chi connectivity index (χ1v) is 13.1. The summed E-state index contributed by atoms with van der Waals surface area (Å²) in [6, 6.07) is 12.4. The lowest BCUT2D eigenvalue weighted by molar-refractivity contribution is 0.637. The normalized spacial score (nSPS) is 13.2. The Morgan fingerprint density at radius 1 is 1.03 bits per heavy atom. The summed E-state index contributed by atoms with van der Waals surface area (Å²) in [5.41, 5.74) is 10.4. The van der Waals surface area contributed by atoms with E-state index in [1.807, 2.05) is 12.1 Å². The van der Waals surface area contributed by atoms with E-state index in [2.05, 4.69) is 76.4 Å². The minimum Gasteiger partial charge on any atom is -0.372 e. The second kappa shape index (κ2) is 15.4. The van der Waals surface area contributed by atoms with Gasteiger partial charge in [-0.2, -0.15) is 0 Å². The Bertz CT molecular complexity index is 875. The van der Waals surface area contributed by atoms with E-state index < -0.39 is 0 Å². The smallest absolute Gasteiger partial charge is 0.0679 e. The molecule has 184 valence electrons. The second-order valence-corrected chi connectivity index (χ2v) is 9.14. The third kappa shape index (κ3) is 8.02. The molecule has 0 fully saturated rings. The van der Waals surface area contributed by atoms with Crippen molar-refractivity contribution in [2.24, 2.45) is 16.6 Å². The predicted molar refractivity (Wildman–Crippen MR) is 150 cm³/mol. The van der Waals surface area contributed by atoms with Crippen LogP contribution in [0.25, 0.3) is 0 Å². The van der Waals surface area contributed by atoms with Crippen molar-refractivity contribution in [1.29, 1.82) is 0 Å². The maximum absolute atomic E-state index is 6.69. The van der Waals surface area contributed by atoms with Crippen molar-refractivity contribution in [3.8, 4) is 0 Å². The molecule has 2 N–H and O–H groups in total. The van der Waals surface area contributed by atoms with E-state index in [9.17, 15) is 0 Å². The van der Waals surface area contributed by atoms with E-state index in [1.165, 1.54) is 24.0 Å². The topological polar surface area (TPSA) is 41.6 Å². The van der Waals surface area contributed by atoms with Gasteiger partial charge in [-0.3, -0.25) is 4.99 Å². The summed E-state index contributed by atoms with van der Waals surface area (Å²) in [6.45, 7) is 15.3. The molecule has 0 aliphatic heterocycles. The van der Waals surface area contributed by atoms with Crippen molar-refractivity contribution in [3.05, 3.63) is 57.6 Å². The first-order chi connectivity index (χ1) is 15.9. The number of hydrogen-bond acceptors (Lipinski definition) is 3. The monoisotopic (exact) mass is 491 g/mol. The summed E-state index contributed by atoms with van der Waals surface area (Å²) >= 11 is 12.9. The third-order valence-corrected chi connectivity index (χ3v) is 6.85. The number of nitrogens with two attached hydrogens (primary N) is 1. The van der Waals surface area contributed by atoms with Gasteiger partial charge >= 0.3 is 0 Å². The van der Waals surface area contributed by atoms with Crippen molar-refractivity contribution in [2.75, 3.05) is 25.0 Å². The van der Waals surface area contributed by atoms with Crippen LogP contribution in [-0.4, -0.2) is 25.8 Å². The lowest BCUT2D eigenvalue weighted by Gasteiger charge is -2.27. The first kappa shape index (κ1) is 29.5. The molecule has 2 aromatic rings. The molecule has 2 aromatic carbocycles. The number of aliphatic imine (C=N–C) groups is 1. The molecule has 2 rings (SSSR count). The van der Waals surface area contributed by atoms with Crippen molar-refractivity contribution in [1.82, 2.24) is 0 Å². The number of halogens is 2. The Kier molecular flexibility index (Phi) is 13.7. The summed E-state index contributed by atoms with van der Waals surface area (Å²) in [5.74, 6) is 0.557. The van der Waals surface area contributed by atoms with Crippen LogP contribution in [0.3, 0.4) is 0 Å². The summed E-state index contributed by atoms with van der Waals surface area (Å²) in [4.78, 5) is 7.72. The number of rotatable bonds is 11. The minimum absolute atomic E-state index is 0.191. The standard InChI is InChI=1S/C27H38Cl2N2.CH5N/c1-7-11-13-23(22-17-16-21(28)18-24(22)29)27(19(5)8-2)30-25-14-12-15-26(20(25)6)31(9-3)10-4;1-2/h12,14-19,23H,7-11,13H2,1-6H3;2H2,1H3. The molecule has 0 saturated heterocycles. The van der Waals surface area contributed by atoms with Crippen LogP contribution in [0.15, 0.2) is 41.4 Å². The molecule has 0 radical (unpaired) electrons. The van der Waals surface area contributed by atoms with Gasteiger partial charge < -0.3 is 10.6 Å². The first-order valence-electron chi connectivity index (χ1n) is 12.3. The molecule has 2 atom stereocenters. The van der Waals surface area contributed by atoms with Gasteiger partial charge in [0.05, 0.1) is 5.69 Å². The maximum Gasteiger partial charge on any atom is 0.0679 e. The van der Waals surface area contributed by atoms with Gasteiger partial charge in [0, 0.05) is 40.5 Å². The Hall–Kier alpha value is -1.55. The third-order valence-electron chi connectivity index (χ3n) is 6.29. The molecule has 0 spiro atoms. The zero-order chi connectivity index (χ0) is 25.0. The summed E-state index contributed by atoms with van der Waals surface area (Å²) < 4.78 is 0. The van der Waals surface area contributed by atoms with E-state index in [0.29, 0.717) is 10.9 Å². The van der Waals surface area contributed by atoms with Crippen LogP contribution in [0.2, 0.25) is 10.0 Å². The van der Waals surface area contributed by atoms with Crippen LogP contribution in [0.5, 0.6) is 0 Å². The van der Waals surface area contributed by atoms with Crippen molar-refractivity contribution in [3.63, 3.8) is 0 Å². The molecule has 2 unspecified atom stereocenters. The maximum atomic E-state index is 6.69. The Morgan fingerprint density at radius 2 is 1.70 bits per heavy atom. The zero-order valence-electron chi connectivity index (χ0n) is 21.6. The largest absolute Gasteiger partial charge is 0.372 e. The van der Waals surface area contributed by atoms with Gasteiger partial charge in [-0.25, -0.2) is 0 Å². The van der Waals surface area contributed by atoms with Gasteiger partial charge in [-0.1, -0.05) is 68.9 Å². The summed E-state index contributed by atoms with van der Waals surface area (Å²) in [7, 11) is 1.50. The predicted octanol–water partition coefficient (Wildman–Crippen LogP) is 8.82. The molecule has 0 aliphatic rings. The van der Waals surface area contributed by atoms with Crippen LogP contribution >= 0.6 is 23.2 Å². The lowest BCUT2D eigenvalue weighted by Crippen LogP contribution is -2.23. The van der Waals surface area contributed by atoms with Gasteiger partial charge in [0.25, 0.3) is 0 Å². The van der Waals surface area contributed by atoms with Crippen LogP contribution in [0.1, 0.15) is 77.3 Å². The van der Waals surface area contributed by atoms with Gasteiger partial charge in [-0.15, -0.1) is 0 Å². The SMILES string of the molecule is CCCCC(C(=Nc1cccc(N(CC)CC)c1C)C(C)CC)c1ccc(Cl)cc1Cl.CN. The zero-order valence-corrected chi connectivity index (χ0v) is 23.1. The molecule has 0 aliphatic carbocycles. The number of anilines is 1. The fourth-order valence-corrected chi connectivity index (χ4v) is 4.71. The van der Waals surface area contributed by atoms with Crippen LogP contribution in [-0.2, 0) is 0 Å². The summed E-state index contributed by atoms with van der Waals surface area (Å²) in [5, 5.41) is 1.41. The molecule has 0 bridgehead atoms. The molecule has 5 heteroatoms. The fraction of sp³-hybridized carbons (Fsp3) is 0.536. The van der Waals surface area contributed by atoms with E-state index in [4.69, 9.17) is 28.2 Å². The average Bonchev–Trinajstić information content (AvgIpc) is 2.82. The molecule has 0 saturated carbocycles. The highest BCUT2D eigenvalue weighted by Gasteiger charge is 2.25. The highest BCUT2D eigenvalue weighted by Crippen LogP contribution is 2.37. The molecular formula is C28H43Cl2N3. The van der Waals surface area contributed by atoms with Crippen LogP contribution in [0.4, 0.5) is 11.4 Å². The van der Waals surface area contributed by atoms with Crippen molar-refractivity contribution in [2.45, 2.75) is 73.1 Å². The average molecular weight is 493 g/mol. The van der Waals surface area contributed by atoms with Crippen molar-refractivity contribution >= 4 is 40.3 Å². The molecule has 0 aromatic heterocycles. The van der Waals surface area contributed by atoms with E-state index in [1.54, 1.807) is 0 Å². The number of nitrogens with zero attached hydrogens (tertiary/aromatic N) is 2. The van der Waals surface area contributed by atoms with E-state index in [0.717, 1.165) is 55.0 Å². The van der Waals surface area contributed by atoms with Gasteiger partial charge in [-0.05, 0) is 82.0 Å². The van der Waals surface area contributed by atoms with Gasteiger partial charge in [0.15, 0.2) is 0 Å². The quantitative estimate of drug-likeness (QED) is 0.318. The molecular weight excluding hydrogens is 449 g/mol. The Labute approximate surface area is 212 Å². The van der Waals surface area contributed by atoms with Crippen molar-refractivity contribution < 1.29 is 0 Å². The second-order valence-electron chi connectivity index (χ2n) is 8.30. The lowest BCUT2D eigenvalue weighted by atomic mass is 9.82. The van der Waals surface area contributed by atoms with Crippen LogP contribution in [0, 0.1) is 12.8 Å². The number of benzene rings is 2. The summed E-state index contributed by atoms with van der Waals surface area (Å²) in [6.07, 6.45) is 4.36. The molecule has 33 heavy (non-hydrogen) atoms. The molecule has 3 nitrogen and oxygen atoms in total. The van der Waals surface area contributed by atoms with Crippen LogP contribution < -0.4 is 10.6 Å². The molecule has 0 amide bonds. The Morgan fingerprint density at radius 3 is 2.24 bits per heavy atom. The number of hydrogen-bond donors (Lipinski definition) is 1. The molecule has 0 heterocycles. The van der Waals surface area contributed by atoms with E-state index in [-0.39, 0.29) is 5.92 Å². The minimum atomic E-state index is 0.191. The fourth-order valence-electron chi connectivity index (χ4n) is 4.17. The van der Waals surface area contributed by atoms with Gasteiger partial charge in [0.2, 0.25) is 0 Å². The highest BCUT2D eigenvalue weighted by molar-refractivity contribution is 6.35. The highest BCUT2D eigenvalue weighted by atomic mass is 35.5. The van der Waals surface area contributed by atoms with Gasteiger partial charge in [0.1, 0.15) is 0 Å². The number of unbranched alkanes of at least 4 members (excludes halogenated alkanes) is 1. The van der Waals surface area contributed by atoms with E-state index >= 15 is 0 Å². The Balaban J connectivity index is 0.00000265.